The summed E-state index contributed by atoms with van der Waals surface area (Å²) < 4.78 is 4.77. The van der Waals surface area contributed by atoms with E-state index >= 15 is 0 Å². The van der Waals surface area contributed by atoms with Crippen molar-refractivity contribution in [3.8, 4) is 0 Å². The third-order valence-electron chi connectivity index (χ3n) is 1.53. The molecule has 0 heterocycles. The molecule has 0 radical (unpaired) electrons. The molecular formula is C9H19NO3. The van der Waals surface area contributed by atoms with Crippen LogP contribution in [-0.2, 0) is 9.53 Å². The molecule has 0 aliphatic carbocycles. The van der Waals surface area contributed by atoms with Gasteiger partial charge in [-0.25, -0.2) is 0 Å². The van der Waals surface area contributed by atoms with E-state index in [0.29, 0.717) is 19.1 Å². The molecule has 0 amide bonds. The fraction of sp³-hybridized carbons (Fsp3) is 0.889. The van der Waals surface area contributed by atoms with Crippen molar-refractivity contribution in [3.05, 3.63) is 0 Å². The molecule has 13 heavy (non-hydrogen) atoms. The molecule has 0 saturated heterocycles. The summed E-state index contributed by atoms with van der Waals surface area (Å²) in [6, 6.07) is -0.581. The fourth-order valence-electron chi connectivity index (χ4n) is 0.843. The lowest BCUT2D eigenvalue weighted by atomic mass is 10.2. The average Bonchev–Trinajstić information content (AvgIpc) is 2.05. The molecule has 0 bridgehead atoms. The van der Waals surface area contributed by atoms with Crippen LogP contribution in [0.4, 0.5) is 0 Å². The number of aliphatic hydroxyl groups is 1. The maximum atomic E-state index is 11.1. The molecule has 1 unspecified atom stereocenters. The van der Waals surface area contributed by atoms with E-state index in [-0.39, 0.29) is 12.6 Å². The number of carbonyl (C=O) groups is 1. The molecule has 0 spiro atoms. The van der Waals surface area contributed by atoms with Crippen LogP contribution in [-0.4, -0.2) is 36.9 Å². The van der Waals surface area contributed by atoms with Crippen LogP contribution in [0.15, 0.2) is 0 Å². The molecule has 2 N–H and O–H groups in total. The lowest BCUT2D eigenvalue weighted by molar-refractivity contribution is -0.146. The summed E-state index contributed by atoms with van der Waals surface area (Å²) in [4.78, 5) is 11.1. The molecular weight excluding hydrogens is 170 g/mol. The zero-order chi connectivity index (χ0) is 10.3. The highest BCUT2D eigenvalue weighted by Gasteiger charge is 2.17. The van der Waals surface area contributed by atoms with Crippen molar-refractivity contribution < 1.29 is 14.6 Å². The Balaban J connectivity index is 3.80. The van der Waals surface area contributed by atoms with Gasteiger partial charge in [0.05, 0.1) is 13.2 Å². The Kier molecular flexibility index (Phi) is 6.54. The first-order valence-corrected chi connectivity index (χ1v) is 4.62. The Hall–Kier alpha value is -0.610. The quantitative estimate of drug-likeness (QED) is 0.584. The molecule has 0 fully saturated rings. The second-order valence-electron chi connectivity index (χ2n) is 3.29. The van der Waals surface area contributed by atoms with E-state index in [0.717, 1.165) is 0 Å². The second-order valence-corrected chi connectivity index (χ2v) is 3.29. The van der Waals surface area contributed by atoms with Gasteiger partial charge in [0.2, 0.25) is 0 Å². The van der Waals surface area contributed by atoms with E-state index in [1.807, 2.05) is 13.8 Å². The van der Waals surface area contributed by atoms with Gasteiger partial charge in [0.1, 0.15) is 6.04 Å². The predicted octanol–water partition coefficient (Wildman–Crippen LogP) is 0.156. The Morgan fingerprint density at radius 1 is 1.54 bits per heavy atom. The normalized spacial score (nSPS) is 13.0. The van der Waals surface area contributed by atoms with Crippen LogP contribution in [0.1, 0.15) is 20.8 Å². The number of rotatable bonds is 6. The monoisotopic (exact) mass is 189 g/mol. The number of hydrogen-bond acceptors (Lipinski definition) is 4. The van der Waals surface area contributed by atoms with Gasteiger partial charge in [0, 0.05) is 0 Å². The summed E-state index contributed by atoms with van der Waals surface area (Å²) in [5, 5.41) is 11.8. The average molecular weight is 189 g/mol. The summed E-state index contributed by atoms with van der Waals surface area (Å²) in [5.74, 6) is 0.0640. The van der Waals surface area contributed by atoms with Crippen LogP contribution in [0.3, 0.4) is 0 Å². The lowest BCUT2D eigenvalue weighted by Crippen LogP contribution is -2.42. The Morgan fingerprint density at radius 2 is 2.15 bits per heavy atom. The molecule has 0 aromatic carbocycles. The first kappa shape index (κ1) is 12.4. The van der Waals surface area contributed by atoms with Crippen molar-refractivity contribution in [1.82, 2.24) is 5.32 Å². The highest BCUT2D eigenvalue weighted by Crippen LogP contribution is 1.92. The minimum absolute atomic E-state index is 0.217. The maximum absolute atomic E-state index is 11.1. The molecule has 0 aromatic heterocycles. The van der Waals surface area contributed by atoms with Crippen LogP contribution in [0.5, 0.6) is 0 Å². The minimum Gasteiger partial charge on any atom is -0.465 e. The summed E-state index contributed by atoms with van der Waals surface area (Å²) in [7, 11) is 0. The van der Waals surface area contributed by atoms with E-state index in [2.05, 4.69) is 5.32 Å². The van der Waals surface area contributed by atoms with Crippen molar-refractivity contribution >= 4 is 5.97 Å². The van der Waals surface area contributed by atoms with E-state index in [1.54, 1.807) is 6.92 Å². The molecule has 78 valence electrons. The number of hydrogen-bond donors (Lipinski definition) is 2. The van der Waals surface area contributed by atoms with Gasteiger partial charge in [-0.2, -0.15) is 0 Å². The van der Waals surface area contributed by atoms with Gasteiger partial charge in [0.25, 0.3) is 0 Å². The first-order valence-electron chi connectivity index (χ1n) is 4.62. The second kappa shape index (κ2) is 6.86. The largest absolute Gasteiger partial charge is 0.465 e. The lowest BCUT2D eigenvalue weighted by Gasteiger charge is -2.15. The molecule has 0 rings (SSSR count). The molecule has 0 aliphatic rings. The van der Waals surface area contributed by atoms with Crippen molar-refractivity contribution in [2.45, 2.75) is 26.8 Å². The predicted molar refractivity (Wildman–Crippen MR) is 50.3 cm³/mol. The van der Waals surface area contributed by atoms with Crippen LogP contribution >= 0.6 is 0 Å². The Bertz CT molecular complexity index is 148. The Labute approximate surface area is 79.3 Å². The third-order valence-corrected chi connectivity index (χ3v) is 1.53. The van der Waals surface area contributed by atoms with E-state index in [9.17, 15) is 4.79 Å². The van der Waals surface area contributed by atoms with Crippen molar-refractivity contribution in [3.63, 3.8) is 0 Å². The smallest absolute Gasteiger partial charge is 0.325 e. The van der Waals surface area contributed by atoms with Gasteiger partial charge in [-0.05, 0) is 19.4 Å². The number of ether oxygens (including phenoxy) is 1. The van der Waals surface area contributed by atoms with E-state index < -0.39 is 6.04 Å². The number of nitrogens with one attached hydrogen (secondary N) is 1. The standard InChI is InChI=1S/C9H19NO3/c1-4-13-9(12)8(6-11)10-5-7(2)3/h7-8,10-11H,4-6H2,1-3H3. The minimum atomic E-state index is -0.581. The zero-order valence-electron chi connectivity index (χ0n) is 8.54. The molecule has 1 atom stereocenters. The van der Waals surface area contributed by atoms with Crippen LogP contribution in [0, 0.1) is 5.92 Å². The van der Waals surface area contributed by atoms with E-state index in [1.165, 1.54) is 0 Å². The topological polar surface area (TPSA) is 58.6 Å². The third kappa shape index (κ3) is 5.60. The number of carbonyl (C=O) groups excluding carboxylic acids is 1. The number of esters is 1. The zero-order valence-corrected chi connectivity index (χ0v) is 8.54. The van der Waals surface area contributed by atoms with Crippen LogP contribution in [0.2, 0.25) is 0 Å². The summed E-state index contributed by atoms with van der Waals surface area (Å²) in [6.45, 7) is 6.64. The first-order chi connectivity index (χ1) is 6.11. The molecule has 4 heteroatoms. The molecule has 4 nitrogen and oxygen atoms in total. The van der Waals surface area contributed by atoms with Gasteiger partial charge in [-0.3, -0.25) is 4.79 Å². The molecule has 0 saturated carbocycles. The number of aliphatic hydroxyl groups excluding tert-OH is 1. The van der Waals surface area contributed by atoms with Gasteiger partial charge in [-0.15, -0.1) is 0 Å². The van der Waals surface area contributed by atoms with Gasteiger partial charge in [-0.1, -0.05) is 13.8 Å². The Morgan fingerprint density at radius 3 is 2.54 bits per heavy atom. The highest BCUT2D eigenvalue weighted by atomic mass is 16.5. The van der Waals surface area contributed by atoms with Crippen molar-refractivity contribution in [1.29, 1.82) is 0 Å². The van der Waals surface area contributed by atoms with Crippen LogP contribution < -0.4 is 5.32 Å². The van der Waals surface area contributed by atoms with Gasteiger partial charge < -0.3 is 15.2 Å². The summed E-state index contributed by atoms with van der Waals surface area (Å²) >= 11 is 0. The van der Waals surface area contributed by atoms with Gasteiger partial charge in [0.15, 0.2) is 0 Å². The van der Waals surface area contributed by atoms with Crippen molar-refractivity contribution in [2.24, 2.45) is 5.92 Å². The van der Waals surface area contributed by atoms with Crippen molar-refractivity contribution in [2.75, 3.05) is 19.8 Å². The summed E-state index contributed by atoms with van der Waals surface area (Å²) in [6.07, 6.45) is 0. The van der Waals surface area contributed by atoms with E-state index in [4.69, 9.17) is 9.84 Å². The highest BCUT2D eigenvalue weighted by molar-refractivity contribution is 5.75. The van der Waals surface area contributed by atoms with Gasteiger partial charge >= 0.3 is 5.97 Å². The molecule has 0 aliphatic heterocycles. The SMILES string of the molecule is CCOC(=O)C(CO)NCC(C)C. The molecule has 0 aromatic rings. The summed E-state index contributed by atoms with van der Waals surface area (Å²) in [5.41, 5.74) is 0. The fourth-order valence-corrected chi connectivity index (χ4v) is 0.843. The maximum Gasteiger partial charge on any atom is 0.325 e. The van der Waals surface area contributed by atoms with Crippen LogP contribution in [0.25, 0.3) is 0 Å².